The van der Waals surface area contributed by atoms with E-state index >= 15 is 0 Å². The van der Waals surface area contributed by atoms with Gasteiger partial charge in [0.15, 0.2) is 0 Å². The Labute approximate surface area is 101 Å². The molecule has 2 rings (SSSR count). The van der Waals surface area contributed by atoms with E-state index in [1.807, 2.05) is 36.4 Å². The molecule has 0 unspecified atom stereocenters. The van der Waals surface area contributed by atoms with E-state index in [1.54, 1.807) is 0 Å². The van der Waals surface area contributed by atoms with Gasteiger partial charge in [-0.25, -0.2) is 0 Å². The molecule has 0 saturated heterocycles. The predicted molar refractivity (Wildman–Crippen MR) is 69.3 cm³/mol. The standard InChI is InChI=1S/C12H10S.BH2O2/c13-12-9-5-4-8-11(12)10-6-2-1-3-7-10;2-1-3/h1-9,13H;2-3H. The summed E-state index contributed by atoms with van der Waals surface area (Å²) in [6.45, 7) is 0. The third-order valence-electron chi connectivity index (χ3n) is 1.99. The van der Waals surface area contributed by atoms with Crippen LogP contribution in [0.1, 0.15) is 0 Å². The average Bonchev–Trinajstić information content (AvgIpc) is 2.32. The Morgan fingerprint density at radius 1 is 0.812 bits per heavy atom. The molecule has 2 aromatic rings. The van der Waals surface area contributed by atoms with Gasteiger partial charge in [-0.3, -0.25) is 0 Å². The van der Waals surface area contributed by atoms with Crippen LogP contribution in [0.15, 0.2) is 59.5 Å². The second-order valence-corrected chi connectivity index (χ2v) is 3.48. The molecule has 2 aromatic carbocycles. The number of thiol groups is 1. The first-order valence-electron chi connectivity index (χ1n) is 4.73. The van der Waals surface area contributed by atoms with E-state index in [0.717, 1.165) is 4.90 Å². The SMILES string of the molecule is O[B]O.Sc1ccccc1-c1ccccc1. The highest BCUT2D eigenvalue weighted by Crippen LogP contribution is 2.25. The summed E-state index contributed by atoms with van der Waals surface area (Å²) in [4.78, 5) is 1.02. The lowest BCUT2D eigenvalue weighted by molar-refractivity contribution is 0.448. The van der Waals surface area contributed by atoms with E-state index in [0.29, 0.717) is 0 Å². The van der Waals surface area contributed by atoms with Crippen LogP contribution in [0.3, 0.4) is 0 Å². The van der Waals surface area contributed by atoms with Crippen LogP contribution in [-0.2, 0) is 0 Å². The van der Waals surface area contributed by atoms with Crippen molar-refractivity contribution in [3.05, 3.63) is 54.6 Å². The zero-order valence-corrected chi connectivity index (χ0v) is 9.51. The summed E-state index contributed by atoms with van der Waals surface area (Å²) in [6, 6.07) is 18.4. The molecule has 0 saturated carbocycles. The quantitative estimate of drug-likeness (QED) is 0.519. The molecule has 0 aliphatic carbocycles. The lowest BCUT2D eigenvalue weighted by Gasteiger charge is -2.03. The Morgan fingerprint density at radius 2 is 1.31 bits per heavy atom. The molecule has 0 atom stereocenters. The van der Waals surface area contributed by atoms with Crippen molar-refractivity contribution in [2.45, 2.75) is 4.90 Å². The topological polar surface area (TPSA) is 40.5 Å². The molecular weight excluding hydrogens is 219 g/mol. The van der Waals surface area contributed by atoms with Gasteiger partial charge in [0, 0.05) is 4.90 Å². The average molecular weight is 231 g/mol. The maximum absolute atomic E-state index is 7.00. The highest BCUT2D eigenvalue weighted by atomic mass is 32.1. The van der Waals surface area contributed by atoms with Crippen molar-refractivity contribution in [2.75, 3.05) is 0 Å². The fraction of sp³-hybridized carbons (Fsp3) is 0. The molecule has 0 spiro atoms. The molecule has 0 aromatic heterocycles. The fourth-order valence-corrected chi connectivity index (χ4v) is 1.63. The van der Waals surface area contributed by atoms with Gasteiger partial charge in [0.1, 0.15) is 0 Å². The van der Waals surface area contributed by atoms with Crippen molar-refractivity contribution < 1.29 is 10.0 Å². The zero-order chi connectivity index (χ0) is 11.8. The molecule has 16 heavy (non-hydrogen) atoms. The van der Waals surface area contributed by atoms with Crippen LogP contribution in [0.5, 0.6) is 0 Å². The van der Waals surface area contributed by atoms with Gasteiger partial charge in [-0.15, -0.1) is 12.6 Å². The minimum atomic E-state index is 0. The second-order valence-electron chi connectivity index (χ2n) is 3.00. The van der Waals surface area contributed by atoms with Gasteiger partial charge in [0.05, 0.1) is 0 Å². The summed E-state index contributed by atoms with van der Waals surface area (Å²) in [7, 11) is 0. The smallest absolute Gasteiger partial charge is 0.429 e. The number of hydrogen-bond acceptors (Lipinski definition) is 3. The maximum atomic E-state index is 7.00. The Bertz CT molecular complexity index is 420. The highest BCUT2D eigenvalue weighted by molar-refractivity contribution is 7.80. The minimum absolute atomic E-state index is 0. The first-order chi connectivity index (χ1) is 7.79. The zero-order valence-electron chi connectivity index (χ0n) is 8.62. The second kappa shape index (κ2) is 7.12. The van der Waals surface area contributed by atoms with E-state index in [2.05, 4.69) is 30.8 Å². The number of hydrogen-bond donors (Lipinski definition) is 3. The molecule has 2 nitrogen and oxygen atoms in total. The molecule has 0 bridgehead atoms. The van der Waals surface area contributed by atoms with E-state index in [4.69, 9.17) is 10.0 Å². The van der Waals surface area contributed by atoms with Crippen molar-refractivity contribution >= 4 is 20.3 Å². The summed E-state index contributed by atoms with van der Waals surface area (Å²) in [5, 5.41) is 14.0. The Balaban J connectivity index is 0.000000386. The minimum Gasteiger partial charge on any atom is -0.429 e. The van der Waals surface area contributed by atoms with Crippen molar-refractivity contribution in [1.82, 2.24) is 0 Å². The van der Waals surface area contributed by atoms with Crippen molar-refractivity contribution in [3.63, 3.8) is 0 Å². The largest absolute Gasteiger partial charge is 0.482 e. The van der Waals surface area contributed by atoms with Crippen molar-refractivity contribution in [1.29, 1.82) is 0 Å². The molecule has 1 radical (unpaired) electrons. The van der Waals surface area contributed by atoms with Crippen molar-refractivity contribution in [3.8, 4) is 11.1 Å². The van der Waals surface area contributed by atoms with Gasteiger partial charge in [0.2, 0.25) is 0 Å². The van der Waals surface area contributed by atoms with Crippen LogP contribution >= 0.6 is 12.6 Å². The van der Waals surface area contributed by atoms with Gasteiger partial charge in [-0.05, 0) is 17.2 Å². The molecule has 0 fully saturated rings. The Hall–Kier alpha value is -1.23. The van der Waals surface area contributed by atoms with Crippen LogP contribution in [0, 0.1) is 0 Å². The maximum Gasteiger partial charge on any atom is 0.482 e. The van der Waals surface area contributed by atoms with Crippen LogP contribution < -0.4 is 0 Å². The summed E-state index contributed by atoms with van der Waals surface area (Å²) in [5.41, 5.74) is 2.40. The number of rotatable bonds is 1. The van der Waals surface area contributed by atoms with Crippen LogP contribution in [0.25, 0.3) is 11.1 Å². The van der Waals surface area contributed by atoms with E-state index in [-0.39, 0.29) is 7.69 Å². The monoisotopic (exact) mass is 231 g/mol. The Morgan fingerprint density at radius 3 is 1.88 bits per heavy atom. The van der Waals surface area contributed by atoms with E-state index < -0.39 is 0 Å². The van der Waals surface area contributed by atoms with Gasteiger partial charge in [-0.1, -0.05) is 48.5 Å². The summed E-state index contributed by atoms with van der Waals surface area (Å²) >= 11 is 4.41. The third-order valence-corrected chi connectivity index (χ3v) is 2.38. The van der Waals surface area contributed by atoms with Crippen LogP contribution in [0.2, 0.25) is 0 Å². The summed E-state index contributed by atoms with van der Waals surface area (Å²) in [5.74, 6) is 0. The number of benzene rings is 2. The van der Waals surface area contributed by atoms with Gasteiger partial charge in [-0.2, -0.15) is 0 Å². The molecule has 81 valence electrons. The van der Waals surface area contributed by atoms with Gasteiger partial charge < -0.3 is 10.0 Å². The van der Waals surface area contributed by atoms with E-state index in [9.17, 15) is 0 Å². The molecule has 4 heteroatoms. The summed E-state index contributed by atoms with van der Waals surface area (Å²) in [6.07, 6.45) is 0. The third kappa shape index (κ3) is 3.74. The lowest BCUT2D eigenvalue weighted by Crippen LogP contribution is -1.77. The molecule has 0 aliphatic heterocycles. The molecule has 0 amide bonds. The highest BCUT2D eigenvalue weighted by Gasteiger charge is 1.98. The van der Waals surface area contributed by atoms with Gasteiger partial charge >= 0.3 is 7.69 Å². The van der Waals surface area contributed by atoms with Crippen LogP contribution in [-0.4, -0.2) is 17.7 Å². The van der Waals surface area contributed by atoms with E-state index in [1.165, 1.54) is 11.1 Å². The molecular formula is C12H12BO2S. The first-order valence-corrected chi connectivity index (χ1v) is 5.18. The van der Waals surface area contributed by atoms with Gasteiger partial charge in [0.25, 0.3) is 0 Å². The Kier molecular flexibility index (Phi) is 5.71. The van der Waals surface area contributed by atoms with Crippen LogP contribution in [0.4, 0.5) is 0 Å². The molecule has 0 aliphatic rings. The predicted octanol–water partition coefficient (Wildman–Crippen LogP) is 2.15. The van der Waals surface area contributed by atoms with Crippen molar-refractivity contribution in [2.24, 2.45) is 0 Å². The summed E-state index contributed by atoms with van der Waals surface area (Å²) < 4.78 is 0. The molecule has 0 heterocycles. The fourth-order valence-electron chi connectivity index (χ4n) is 1.34. The molecule has 2 N–H and O–H groups in total. The lowest BCUT2D eigenvalue weighted by atomic mass is 10.1. The first kappa shape index (κ1) is 12.8. The normalized spacial score (nSPS) is 8.94.